The minimum absolute atomic E-state index is 0.0997. The van der Waals surface area contributed by atoms with E-state index in [4.69, 9.17) is 5.11 Å². The van der Waals surface area contributed by atoms with Crippen LogP contribution in [0.5, 0.6) is 5.88 Å². The van der Waals surface area contributed by atoms with Gasteiger partial charge in [-0.3, -0.25) is 14.8 Å². The summed E-state index contributed by atoms with van der Waals surface area (Å²) >= 11 is 0. The highest BCUT2D eigenvalue weighted by atomic mass is 16.4. The molecule has 0 aliphatic carbocycles. The number of aryl methyl sites for hydroxylation is 1. The van der Waals surface area contributed by atoms with E-state index < -0.39 is 23.1 Å². The Kier molecular flexibility index (Phi) is 4.71. The summed E-state index contributed by atoms with van der Waals surface area (Å²) in [6.07, 6.45) is 1.12. The minimum Gasteiger partial charge on any atom is -0.493 e. The van der Waals surface area contributed by atoms with Gasteiger partial charge in [-0.15, -0.1) is 0 Å². The number of aliphatic imine (C=N–C) groups is 1. The van der Waals surface area contributed by atoms with Crippen LogP contribution >= 0.6 is 0 Å². The van der Waals surface area contributed by atoms with Crippen LogP contribution in [0.4, 0.5) is 5.69 Å². The van der Waals surface area contributed by atoms with Gasteiger partial charge in [-0.1, -0.05) is 12.1 Å². The monoisotopic (exact) mass is 365 g/mol. The first kappa shape index (κ1) is 17.9. The zero-order valence-corrected chi connectivity index (χ0v) is 14.2. The van der Waals surface area contributed by atoms with Gasteiger partial charge >= 0.3 is 11.7 Å². The number of nitrogens with one attached hydrogen (secondary N) is 1. The first-order valence-corrected chi connectivity index (χ1v) is 7.89. The summed E-state index contributed by atoms with van der Waals surface area (Å²) in [7, 11) is 0. The molecule has 8 nitrogen and oxygen atoms in total. The zero-order chi connectivity index (χ0) is 19.6. The fourth-order valence-electron chi connectivity index (χ4n) is 2.49. The number of benzene rings is 2. The van der Waals surface area contributed by atoms with Crippen molar-refractivity contribution in [3.63, 3.8) is 0 Å². The second-order valence-electron chi connectivity index (χ2n) is 5.78. The normalized spacial score (nSPS) is 11.0. The van der Waals surface area contributed by atoms with Crippen molar-refractivity contribution in [2.24, 2.45) is 4.99 Å². The molecule has 0 amide bonds. The van der Waals surface area contributed by atoms with Gasteiger partial charge in [-0.25, -0.2) is 14.2 Å². The number of hydrogen-bond acceptors (Lipinski definition) is 5. The molecule has 3 N–H and O–H groups in total. The Morgan fingerprint density at radius 1 is 1.15 bits per heavy atom. The maximum atomic E-state index is 12.1. The summed E-state index contributed by atoms with van der Waals surface area (Å²) in [4.78, 5) is 41.3. The number of rotatable bonds is 4. The summed E-state index contributed by atoms with van der Waals surface area (Å²) in [6, 6.07) is 12.5. The van der Waals surface area contributed by atoms with E-state index in [9.17, 15) is 19.5 Å². The van der Waals surface area contributed by atoms with Crippen LogP contribution in [0.3, 0.4) is 0 Å². The van der Waals surface area contributed by atoms with Crippen molar-refractivity contribution in [2.75, 3.05) is 0 Å². The quantitative estimate of drug-likeness (QED) is 0.610. The molecule has 0 saturated carbocycles. The van der Waals surface area contributed by atoms with E-state index in [1.165, 1.54) is 24.3 Å². The van der Waals surface area contributed by atoms with Crippen molar-refractivity contribution in [1.82, 2.24) is 9.55 Å². The minimum atomic E-state index is -1.06. The molecule has 3 aromatic rings. The Morgan fingerprint density at radius 2 is 1.85 bits per heavy atom. The second-order valence-corrected chi connectivity index (χ2v) is 5.78. The number of carboxylic acids is 1. The van der Waals surface area contributed by atoms with Crippen molar-refractivity contribution in [3.8, 4) is 11.6 Å². The topological polar surface area (TPSA) is 125 Å². The molecule has 0 aliphatic rings. The van der Waals surface area contributed by atoms with Gasteiger partial charge < -0.3 is 10.2 Å². The van der Waals surface area contributed by atoms with Crippen molar-refractivity contribution >= 4 is 17.9 Å². The average Bonchev–Trinajstić information content (AvgIpc) is 2.61. The Hall–Kier alpha value is -3.94. The summed E-state index contributed by atoms with van der Waals surface area (Å²) in [6.45, 7) is 1.83. The molecule has 8 heteroatoms. The van der Waals surface area contributed by atoms with E-state index in [1.807, 2.05) is 13.0 Å². The van der Waals surface area contributed by atoms with Crippen LogP contribution in [0.15, 0.2) is 63.1 Å². The number of carbonyl (C=O) groups is 1. The van der Waals surface area contributed by atoms with Crippen molar-refractivity contribution in [2.45, 2.75) is 6.92 Å². The Labute approximate surface area is 152 Å². The SMILES string of the molecule is Cc1cccc(-n2c(O)c(C=Nc3ccc(C(=O)O)cc3)c(=O)[nH]c2=O)c1. The van der Waals surface area contributed by atoms with Crippen LogP contribution in [0.25, 0.3) is 5.69 Å². The highest BCUT2D eigenvalue weighted by molar-refractivity contribution is 5.88. The molecule has 0 radical (unpaired) electrons. The number of nitrogens with zero attached hydrogens (tertiary/aromatic N) is 2. The third-order valence-electron chi connectivity index (χ3n) is 3.84. The van der Waals surface area contributed by atoms with Gasteiger partial charge in [0.05, 0.1) is 16.9 Å². The number of hydrogen-bond donors (Lipinski definition) is 3. The first-order chi connectivity index (χ1) is 12.9. The predicted octanol–water partition coefficient (Wildman–Crippen LogP) is 1.99. The van der Waals surface area contributed by atoms with E-state index in [0.717, 1.165) is 16.3 Å². The number of aromatic hydroxyl groups is 1. The third kappa shape index (κ3) is 3.69. The van der Waals surface area contributed by atoms with Gasteiger partial charge in [0.25, 0.3) is 5.56 Å². The molecule has 0 aliphatic heterocycles. The van der Waals surface area contributed by atoms with Gasteiger partial charge in [0.15, 0.2) is 0 Å². The van der Waals surface area contributed by atoms with Crippen molar-refractivity contribution in [1.29, 1.82) is 0 Å². The lowest BCUT2D eigenvalue weighted by Crippen LogP contribution is -2.31. The van der Waals surface area contributed by atoms with E-state index >= 15 is 0 Å². The van der Waals surface area contributed by atoms with Crippen LogP contribution in [-0.4, -0.2) is 31.9 Å². The maximum Gasteiger partial charge on any atom is 0.335 e. The highest BCUT2D eigenvalue weighted by Gasteiger charge is 2.14. The summed E-state index contributed by atoms with van der Waals surface area (Å²) < 4.78 is 0.975. The highest BCUT2D eigenvalue weighted by Crippen LogP contribution is 2.18. The number of aromatic nitrogens is 2. The van der Waals surface area contributed by atoms with Crippen molar-refractivity contribution in [3.05, 3.63) is 86.1 Å². The molecule has 0 bridgehead atoms. The zero-order valence-electron chi connectivity index (χ0n) is 14.2. The number of carboxylic acid groups (broad SMARTS) is 1. The molecule has 1 aromatic heterocycles. The Bertz CT molecular complexity index is 1160. The van der Waals surface area contributed by atoms with E-state index in [1.54, 1.807) is 18.2 Å². The van der Waals surface area contributed by atoms with Crippen LogP contribution in [-0.2, 0) is 0 Å². The molecule has 0 unspecified atom stereocenters. The Morgan fingerprint density at radius 3 is 2.48 bits per heavy atom. The van der Waals surface area contributed by atoms with Gasteiger partial charge in [-0.2, -0.15) is 0 Å². The molecule has 3 rings (SSSR count). The third-order valence-corrected chi connectivity index (χ3v) is 3.84. The summed E-state index contributed by atoms with van der Waals surface area (Å²) in [5.41, 5.74) is -0.000479. The number of aromatic carboxylic acids is 1. The molecule has 136 valence electrons. The van der Waals surface area contributed by atoms with Crippen LogP contribution in [0.1, 0.15) is 21.5 Å². The number of H-pyrrole nitrogens is 1. The predicted molar refractivity (Wildman–Crippen MR) is 99.7 cm³/mol. The van der Waals surface area contributed by atoms with Crippen LogP contribution in [0, 0.1) is 6.92 Å². The maximum absolute atomic E-state index is 12.1. The Balaban J connectivity index is 2.06. The van der Waals surface area contributed by atoms with Gasteiger partial charge in [0, 0.05) is 6.21 Å². The molecular weight excluding hydrogens is 350 g/mol. The molecule has 0 atom stereocenters. The molecule has 0 fully saturated rings. The lowest BCUT2D eigenvalue weighted by Gasteiger charge is -2.10. The summed E-state index contributed by atoms with van der Waals surface area (Å²) in [5.74, 6) is -1.61. The molecule has 1 heterocycles. The fraction of sp³-hybridized carbons (Fsp3) is 0.0526. The largest absolute Gasteiger partial charge is 0.493 e. The fourth-order valence-corrected chi connectivity index (χ4v) is 2.49. The van der Waals surface area contributed by atoms with E-state index in [2.05, 4.69) is 9.98 Å². The van der Waals surface area contributed by atoms with Gasteiger partial charge in [0.1, 0.15) is 5.56 Å². The van der Waals surface area contributed by atoms with Crippen LogP contribution in [0.2, 0.25) is 0 Å². The number of aromatic amines is 1. The lowest BCUT2D eigenvalue weighted by molar-refractivity contribution is 0.0697. The molecule has 2 aromatic carbocycles. The van der Waals surface area contributed by atoms with Gasteiger partial charge in [0.2, 0.25) is 5.88 Å². The smallest absolute Gasteiger partial charge is 0.335 e. The molecular formula is C19H15N3O5. The lowest BCUT2D eigenvalue weighted by atomic mass is 10.2. The molecule has 0 saturated heterocycles. The standard InChI is InChI=1S/C19H15N3O5/c1-11-3-2-4-14(9-11)22-17(24)15(16(23)21-19(22)27)10-20-13-7-5-12(6-8-13)18(25)26/h2-10,24H,1H3,(H,25,26)(H,21,23,27). The summed E-state index contributed by atoms with van der Waals surface area (Å²) in [5, 5.41) is 19.4. The molecule has 0 spiro atoms. The van der Waals surface area contributed by atoms with Crippen LogP contribution < -0.4 is 11.2 Å². The average molecular weight is 365 g/mol. The van der Waals surface area contributed by atoms with E-state index in [-0.39, 0.29) is 11.1 Å². The molecule has 27 heavy (non-hydrogen) atoms. The first-order valence-electron chi connectivity index (χ1n) is 7.89. The second kappa shape index (κ2) is 7.12. The van der Waals surface area contributed by atoms with E-state index in [0.29, 0.717) is 11.4 Å². The van der Waals surface area contributed by atoms with Crippen molar-refractivity contribution < 1.29 is 15.0 Å². The van der Waals surface area contributed by atoms with Gasteiger partial charge in [-0.05, 0) is 48.9 Å².